The van der Waals surface area contributed by atoms with Crippen LogP contribution in [-0.2, 0) is 6.54 Å². The first-order valence-electron chi connectivity index (χ1n) is 6.80. The lowest BCUT2D eigenvalue weighted by Crippen LogP contribution is -2.38. The molecular formula is C15H21N3O2. The van der Waals surface area contributed by atoms with Gasteiger partial charge in [0, 0.05) is 12.1 Å². The van der Waals surface area contributed by atoms with Gasteiger partial charge < -0.3 is 9.63 Å². The summed E-state index contributed by atoms with van der Waals surface area (Å²) in [6.45, 7) is 7.58. The highest BCUT2D eigenvalue weighted by atomic mass is 16.5. The van der Waals surface area contributed by atoms with Gasteiger partial charge in [-0.15, -0.1) is 0 Å². The van der Waals surface area contributed by atoms with E-state index < -0.39 is 5.60 Å². The molecule has 0 aliphatic carbocycles. The molecule has 0 atom stereocenters. The number of nitrogens with zero attached hydrogens (tertiary/aromatic N) is 3. The summed E-state index contributed by atoms with van der Waals surface area (Å²) in [5.74, 6) is 1.16. The minimum absolute atomic E-state index is 0.528. The van der Waals surface area contributed by atoms with Crippen molar-refractivity contribution in [2.24, 2.45) is 0 Å². The van der Waals surface area contributed by atoms with Crippen LogP contribution in [0.3, 0.4) is 0 Å². The summed E-state index contributed by atoms with van der Waals surface area (Å²) < 4.78 is 5.28. The number of hydrogen-bond acceptors (Lipinski definition) is 5. The Bertz CT molecular complexity index is 532. The quantitative estimate of drug-likeness (QED) is 0.876. The predicted octanol–water partition coefficient (Wildman–Crippen LogP) is 2.33. The smallest absolute Gasteiger partial charge is 0.257 e. The molecule has 1 heterocycles. The van der Waals surface area contributed by atoms with Crippen molar-refractivity contribution in [3.63, 3.8) is 0 Å². The standard InChI is InChI=1S/C15H21N3O2/c1-4-18(11-15(2,3)19)10-13-16-14(20-17-13)12-8-6-5-7-9-12/h5-9,19H,4,10-11H2,1-3H3. The van der Waals surface area contributed by atoms with Crippen molar-refractivity contribution in [2.75, 3.05) is 13.1 Å². The summed E-state index contributed by atoms with van der Waals surface area (Å²) in [6.07, 6.45) is 0. The summed E-state index contributed by atoms with van der Waals surface area (Å²) in [6, 6.07) is 9.69. The van der Waals surface area contributed by atoms with E-state index in [1.807, 2.05) is 37.3 Å². The van der Waals surface area contributed by atoms with Crippen molar-refractivity contribution in [3.8, 4) is 11.5 Å². The maximum absolute atomic E-state index is 9.87. The first-order chi connectivity index (χ1) is 9.48. The number of aromatic nitrogens is 2. The van der Waals surface area contributed by atoms with E-state index in [1.165, 1.54) is 0 Å². The van der Waals surface area contributed by atoms with Gasteiger partial charge in [-0.2, -0.15) is 4.98 Å². The Kier molecular flexibility index (Phi) is 4.52. The lowest BCUT2D eigenvalue weighted by Gasteiger charge is -2.26. The van der Waals surface area contributed by atoms with Gasteiger partial charge in [-0.3, -0.25) is 4.90 Å². The molecular weight excluding hydrogens is 254 g/mol. The van der Waals surface area contributed by atoms with Crippen LogP contribution in [-0.4, -0.2) is 38.8 Å². The zero-order chi connectivity index (χ0) is 14.6. The van der Waals surface area contributed by atoms with Gasteiger partial charge in [0.15, 0.2) is 5.82 Å². The SMILES string of the molecule is CCN(Cc1noc(-c2ccccc2)n1)CC(C)(C)O. The van der Waals surface area contributed by atoms with E-state index in [4.69, 9.17) is 4.52 Å². The third-order valence-corrected chi connectivity index (χ3v) is 2.91. The van der Waals surface area contributed by atoms with Crippen LogP contribution >= 0.6 is 0 Å². The summed E-state index contributed by atoms with van der Waals surface area (Å²) in [5, 5.41) is 13.9. The molecule has 1 aromatic carbocycles. The molecule has 0 aliphatic rings. The average Bonchev–Trinajstić information content (AvgIpc) is 2.86. The van der Waals surface area contributed by atoms with Crippen molar-refractivity contribution in [2.45, 2.75) is 32.9 Å². The number of rotatable bonds is 6. The van der Waals surface area contributed by atoms with E-state index in [-0.39, 0.29) is 0 Å². The van der Waals surface area contributed by atoms with E-state index in [9.17, 15) is 5.11 Å². The second-order valence-electron chi connectivity index (χ2n) is 5.50. The minimum atomic E-state index is -0.734. The molecule has 5 nitrogen and oxygen atoms in total. The van der Waals surface area contributed by atoms with Gasteiger partial charge in [0.05, 0.1) is 12.1 Å². The van der Waals surface area contributed by atoms with Crippen molar-refractivity contribution in [1.29, 1.82) is 0 Å². The van der Waals surface area contributed by atoms with E-state index in [2.05, 4.69) is 15.0 Å². The summed E-state index contributed by atoms with van der Waals surface area (Å²) in [5.41, 5.74) is 0.180. The first-order valence-corrected chi connectivity index (χ1v) is 6.80. The van der Waals surface area contributed by atoms with Crippen molar-refractivity contribution >= 4 is 0 Å². The molecule has 108 valence electrons. The summed E-state index contributed by atoms with van der Waals surface area (Å²) >= 11 is 0. The Hall–Kier alpha value is -1.72. The predicted molar refractivity (Wildman–Crippen MR) is 77.0 cm³/mol. The second-order valence-corrected chi connectivity index (χ2v) is 5.50. The molecule has 0 saturated heterocycles. The maximum Gasteiger partial charge on any atom is 0.257 e. The highest BCUT2D eigenvalue weighted by Crippen LogP contribution is 2.17. The summed E-state index contributed by atoms with van der Waals surface area (Å²) in [7, 11) is 0. The van der Waals surface area contributed by atoms with Gasteiger partial charge in [-0.05, 0) is 32.5 Å². The Morgan fingerprint density at radius 3 is 2.55 bits per heavy atom. The molecule has 1 aromatic heterocycles. The average molecular weight is 275 g/mol. The van der Waals surface area contributed by atoms with Crippen molar-refractivity contribution in [1.82, 2.24) is 15.0 Å². The Morgan fingerprint density at radius 1 is 1.25 bits per heavy atom. The number of hydrogen-bond donors (Lipinski definition) is 1. The molecule has 0 amide bonds. The normalized spacial score (nSPS) is 12.1. The molecule has 0 unspecified atom stereocenters. The van der Waals surface area contributed by atoms with Crippen LogP contribution in [0.15, 0.2) is 34.9 Å². The largest absolute Gasteiger partial charge is 0.389 e. The number of benzene rings is 1. The molecule has 20 heavy (non-hydrogen) atoms. The zero-order valence-electron chi connectivity index (χ0n) is 12.2. The monoisotopic (exact) mass is 275 g/mol. The fraction of sp³-hybridized carbons (Fsp3) is 0.467. The molecule has 2 aromatic rings. The molecule has 2 rings (SSSR count). The molecule has 0 bridgehead atoms. The molecule has 0 spiro atoms. The van der Waals surface area contributed by atoms with Gasteiger partial charge in [0.2, 0.25) is 0 Å². The maximum atomic E-state index is 9.87. The molecule has 0 aliphatic heterocycles. The lowest BCUT2D eigenvalue weighted by molar-refractivity contribution is 0.0343. The van der Waals surface area contributed by atoms with Gasteiger partial charge in [0.1, 0.15) is 0 Å². The van der Waals surface area contributed by atoms with E-state index in [1.54, 1.807) is 13.8 Å². The number of aliphatic hydroxyl groups is 1. The minimum Gasteiger partial charge on any atom is -0.389 e. The van der Waals surface area contributed by atoms with Crippen LogP contribution in [0.25, 0.3) is 11.5 Å². The number of likely N-dealkylation sites (N-methyl/N-ethyl adjacent to an activating group) is 1. The van der Waals surface area contributed by atoms with Crippen LogP contribution in [0.5, 0.6) is 0 Å². The molecule has 5 heteroatoms. The van der Waals surface area contributed by atoms with Crippen molar-refractivity contribution < 1.29 is 9.63 Å². The highest BCUT2D eigenvalue weighted by molar-refractivity contribution is 5.51. The highest BCUT2D eigenvalue weighted by Gasteiger charge is 2.19. The molecule has 1 N–H and O–H groups in total. The molecule has 0 fully saturated rings. The third-order valence-electron chi connectivity index (χ3n) is 2.91. The van der Waals surface area contributed by atoms with Crippen LogP contribution in [0, 0.1) is 0 Å². The fourth-order valence-corrected chi connectivity index (χ4v) is 2.04. The first kappa shape index (κ1) is 14.7. The fourth-order valence-electron chi connectivity index (χ4n) is 2.04. The summed E-state index contributed by atoms with van der Waals surface area (Å²) in [4.78, 5) is 6.48. The topological polar surface area (TPSA) is 62.4 Å². The second kappa shape index (κ2) is 6.15. The van der Waals surface area contributed by atoms with Gasteiger partial charge >= 0.3 is 0 Å². The van der Waals surface area contributed by atoms with Crippen LogP contribution in [0.1, 0.15) is 26.6 Å². The van der Waals surface area contributed by atoms with E-state index >= 15 is 0 Å². The van der Waals surface area contributed by atoms with E-state index in [0.29, 0.717) is 24.8 Å². The van der Waals surface area contributed by atoms with Crippen LogP contribution < -0.4 is 0 Å². The van der Waals surface area contributed by atoms with Crippen LogP contribution in [0.4, 0.5) is 0 Å². The third kappa shape index (κ3) is 4.15. The Labute approximate surface area is 119 Å². The van der Waals surface area contributed by atoms with Gasteiger partial charge in [-0.1, -0.05) is 30.3 Å². The van der Waals surface area contributed by atoms with Crippen LogP contribution in [0.2, 0.25) is 0 Å². The molecule has 0 saturated carbocycles. The van der Waals surface area contributed by atoms with Gasteiger partial charge in [-0.25, -0.2) is 0 Å². The van der Waals surface area contributed by atoms with Gasteiger partial charge in [0.25, 0.3) is 5.89 Å². The van der Waals surface area contributed by atoms with Crippen molar-refractivity contribution in [3.05, 3.63) is 36.2 Å². The zero-order valence-corrected chi connectivity index (χ0v) is 12.2. The van der Waals surface area contributed by atoms with E-state index in [0.717, 1.165) is 12.1 Å². The molecule has 0 radical (unpaired) electrons. The Balaban J connectivity index is 2.05. The lowest BCUT2D eigenvalue weighted by atomic mass is 10.1. The Morgan fingerprint density at radius 2 is 1.95 bits per heavy atom.